The number of nitrogens with zero attached hydrogens (tertiary/aromatic N) is 6. The van der Waals surface area contributed by atoms with E-state index in [1.165, 1.54) is 10.4 Å². The van der Waals surface area contributed by atoms with E-state index in [0.29, 0.717) is 49.7 Å². The summed E-state index contributed by atoms with van der Waals surface area (Å²) in [6.07, 6.45) is 8.19. The largest absolute Gasteiger partial charge is 0.383 e. The van der Waals surface area contributed by atoms with E-state index in [1.54, 1.807) is 73.1 Å². The average molecular weight is 533 g/mol. The highest BCUT2D eigenvalue weighted by molar-refractivity contribution is 7.89. The van der Waals surface area contributed by atoms with Crippen molar-refractivity contribution in [2.75, 3.05) is 46.4 Å². The lowest BCUT2D eigenvalue weighted by molar-refractivity contribution is 0.103. The summed E-state index contributed by atoms with van der Waals surface area (Å²) in [6.45, 7) is 3.59. The minimum atomic E-state index is -3.66. The highest BCUT2D eigenvalue weighted by Gasteiger charge is 2.29. The molecule has 0 bridgehead atoms. The summed E-state index contributed by atoms with van der Waals surface area (Å²) in [5, 5.41) is 0.0324. The SMILES string of the molecule is COCCN1CCN(S(=O)(=O)c2ccc(-c3ccc(C(=O)c4ccc(-n5ccnc5)nc4)cc3)cn2)CC1. The fourth-order valence-electron chi connectivity index (χ4n) is 4.30. The molecule has 1 aliphatic rings. The van der Waals surface area contributed by atoms with Crippen LogP contribution in [0.1, 0.15) is 15.9 Å². The zero-order valence-corrected chi connectivity index (χ0v) is 21.8. The van der Waals surface area contributed by atoms with Crippen LogP contribution < -0.4 is 0 Å². The molecule has 0 unspecified atom stereocenters. The summed E-state index contributed by atoms with van der Waals surface area (Å²) < 4.78 is 34.5. The molecule has 0 N–H and O–H groups in total. The van der Waals surface area contributed by atoms with Crippen LogP contribution in [0.2, 0.25) is 0 Å². The number of methoxy groups -OCH3 is 1. The molecule has 196 valence electrons. The fraction of sp³-hybridized carbons (Fsp3) is 0.259. The van der Waals surface area contributed by atoms with Gasteiger partial charge in [-0.2, -0.15) is 4.31 Å². The molecule has 0 amide bonds. The number of sulfonamides is 1. The Hall–Kier alpha value is -3.77. The number of hydrogen-bond acceptors (Lipinski definition) is 8. The van der Waals surface area contributed by atoms with Crippen LogP contribution in [0.4, 0.5) is 0 Å². The molecule has 1 saturated heterocycles. The van der Waals surface area contributed by atoms with E-state index in [2.05, 4.69) is 19.9 Å². The lowest BCUT2D eigenvalue weighted by atomic mass is 10.0. The number of pyridine rings is 2. The zero-order chi connectivity index (χ0) is 26.5. The van der Waals surface area contributed by atoms with E-state index in [1.807, 2.05) is 12.1 Å². The highest BCUT2D eigenvalue weighted by Crippen LogP contribution is 2.23. The Morgan fingerprint density at radius 1 is 0.895 bits per heavy atom. The standard InChI is InChI=1S/C27H28N6O4S/c1-37-17-16-31-12-14-33(15-13-31)38(35,36)26-9-7-23(18-30-26)21-2-4-22(5-3-21)27(34)24-6-8-25(29-19-24)32-11-10-28-20-32/h2-11,18-20H,12-17H2,1H3. The van der Waals surface area contributed by atoms with Crippen LogP contribution in [0.5, 0.6) is 0 Å². The van der Waals surface area contributed by atoms with E-state index in [9.17, 15) is 13.2 Å². The molecule has 1 aliphatic heterocycles. The van der Waals surface area contributed by atoms with E-state index in [-0.39, 0.29) is 10.8 Å². The van der Waals surface area contributed by atoms with E-state index < -0.39 is 10.0 Å². The first-order valence-electron chi connectivity index (χ1n) is 12.2. The molecule has 11 heteroatoms. The number of piperazine rings is 1. The minimum Gasteiger partial charge on any atom is -0.383 e. The molecule has 0 aliphatic carbocycles. The van der Waals surface area contributed by atoms with Crippen molar-refractivity contribution in [1.29, 1.82) is 0 Å². The zero-order valence-electron chi connectivity index (χ0n) is 21.0. The van der Waals surface area contributed by atoms with E-state index in [4.69, 9.17) is 4.74 Å². The first-order chi connectivity index (χ1) is 18.5. The van der Waals surface area contributed by atoms with Gasteiger partial charge in [-0.15, -0.1) is 0 Å². The normalized spacial score (nSPS) is 15.0. The van der Waals surface area contributed by atoms with Gasteiger partial charge in [0.1, 0.15) is 12.1 Å². The number of carbonyl (C=O) groups excluding carboxylic acids is 1. The monoisotopic (exact) mass is 532 g/mol. The van der Waals surface area contributed by atoms with Gasteiger partial charge in [-0.3, -0.25) is 14.3 Å². The Labute approximate surface area is 221 Å². The van der Waals surface area contributed by atoms with Gasteiger partial charge >= 0.3 is 0 Å². The van der Waals surface area contributed by atoms with E-state index >= 15 is 0 Å². The van der Waals surface area contributed by atoms with Crippen molar-refractivity contribution >= 4 is 15.8 Å². The Morgan fingerprint density at radius 3 is 2.24 bits per heavy atom. The van der Waals surface area contributed by atoms with Crippen molar-refractivity contribution in [1.82, 2.24) is 28.7 Å². The quantitative estimate of drug-likeness (QED) is 0.303. The molecule has 38 heavy (non-hydrogen) atoms. The predicted molar refractivity (Wildman–Crippen MR) is 142 cm³/mol. The maximum atomic E-state index is 13.1. The molecule has 3 aromatic heterocycles. The summed E-state index contributed by atoms with van der Waals surface area (Å²) in [6, 6.07) is 13.9. The van der Waals surface area contributed by atoms with Crippen molar-refractivity contribution in [3.8, 4) is 16.9 Å². The van der Waals surface area contributed by atoms with Crippen LogP contribution in [0, 0.1) is 0 Å². The van der Waals surface area contributed by atoms with Gasteiger partial charge in [-0.1, -0.05) is 24.3 Å². The van der Waals surface area contributed by atoms with Crippen LogP contribution >= 0.6 is 0 Å². The van der Waals surface area contributed by atoms with Crippen LogP contribution in [0.25, 0.3) is 16.9 Å². The molecule has 5 rings (SSSR count). The number of hydrogen-bond donors (Lipinski definition) is 0. The Kier molecular flexibility index (Phi) is 7.70. The maximum absolute atomic E-state index is 13.1. The molecule has 0 saturated carbocycles. The van der Waals surface area contributed by atoms with Crippen LogP contribution in [-0.4, -0.2) is 89.4 Å². The molecule has 0 spiro atoms. The number of ether oxygens (including phenoxy) is 1. The number of rotatable bonds is 9. The summed E-state index contributed by atoms with van der Waals surface area (Å²) in [7, 11) is -2.00. The smallest absolute Gasteiger partial charge is 0.260 e. The second kappa shape index (κ2) is 11.3. The average Bonchev–Trinajstić information content (AvgIpc) is 3.51. The number of carbonyl (C=O) groups is 1. The highest BCUT2D eigenvalue weighted by atomic mass is 32.2. The molecule has 4 aromatic rings. The summed E-state index contributed by atoms with van der Waals surface area (Å²) >= 11 is 0. The Morgan fingerprint density at radius 2 is 1.63 bits per heavy atom. The van der Waals surface area contributed by atoms with Crippen molar-refractivity contribution in [2.45, 2.75) is 5.03 Å². The van der Waals surface area contributed by atoms with Crippen molar-refractivity contribution < 1.29 is 17.9 Å². The van der Waals surface area contributed by atoms with Gasteiger partial charge in [0, 0.05) is 81.3 Å². The van der Waals surface area contributed by atoms with Crippen molar-refractivity contribution in [3.63, 3.8) is 0 Å². The van der Waals surface area contributed by atoms with Crippen LogP contribution in [0.15, 0.2) is 84.7 Å². The Bertz CT molecular complexity index is 1460. The van der Waals surface area contributed by atoms with Gasteiger partial charge in [0.15, 0.2) is 10.8 Å². The number of benzene rings is 1. The second-order valence-corrected chi connectivity index (χ2v) is 10.8. The molecular weight excluding hydrogens is 504 g/mol. The first-order valence-corrected chi connectivity index (χ1v) is 13.7. The van der Waals surface area contributed by atoms with Crippen LogP contribution in [-0.2, 0) is 14.8 Å². The molecule has 1 aromatic carbocycles. The second-order valence-electron chi connectivity index (χ2n) is 8.91. The minimum absolute atomic E-state index is 0.0324. The summed E-state index contributed by atoms with van der Waals surface area (Å²) in [5.74, 6) is 0.541. The number of ketones is 1. The molecule has 4 heterocycles. The van der Waals surface area contributed by atoms with Crippen molar-refractivity contribution in [2.24, 2.45) is 0 Å². The van der Waals surface area contributed by atoms with Gasteiger partial charge < -0.3 is 4.74 Å². The molecule has 0 radical (unpaired) electrons. The van der Waals surface area contributed by atoms with Gasteiger partial charge in [-0.25, -0.2) is 23.4 Å². The van der Waals surface area contributed by atoms with Crippen LogP contribution in [0.3, 0.4) is 0 Å². The Balaban J connectivity index is 1.24. The third-order valence-corrected chi connectivity index (χ3v) is 8.36. The third-order valence-electron chi connectivity index (χ3n) is 6.54. The predicted octanol–water partition coefficient (Wildman–Crippen LogP) is 2.51. The maximum Gasteiger partial charge on any atom is 0.260 e. The first kappa shape index (κ1) is 25.9. The molecular formula is C27H28N6O4S. The lowest BCUT2D eigenvalue weighted by Gasteiger charge is -2.33. The molecule has 10 nitrogen and oxygen atoms in total. The summed E-state index contributed by atoms with van der Waals surface area (Å²) in [4.78, 5) is 27.7. The summed E-state index contributed by atoms with van der Waals surface area (Å²) in [5.41, 5.74) is 2.61. The van der Waals surface area contributed by atoms with Gasteiger partial charge in [0.25, 0.3) is 10.0 Å². The van der Waals surface area contributed by atoms with Gasteiger partial charge in [0.05, 0.1) is 6.61 Å². The van der Waals surface area contributed by atoms with E-state index in [0.717, 1.165) is 17.7 Å². The van der Waals surface area contributed by atoms with Gasteiger partial charge in [-0.05, 0) is 29.8 Å². The molecule has 0 atom stereocenters. The topological polar surface area (TPSA) is 111 Å². The number of aromatic nitrogens is 4. The fourth-order valence-corrected chi connectivity index (χ4v) is 5.63. The van der Waals surface area contributed by atoms with Crippen molar-refractivity contribution in [3.05, 3.63) is 90.8 Å². The third kappa shape index (κ3) is 5.55. The lowest BCUT2D eigenvalue weighted by Crippen LogP contribution is -2.49. The van der Waals surface area contributed by atoms with Gasteiger partial charge in [0.2, 0.25) is 0 Å². The number of imidazole rings is 1. The molecule has 1 fully saturated rings.